The third-order valence-electron chi connectivity index (χ3n) is 5.44. The third kappa shape index (κ3) is 2.49. The fourth-order valence-corrected chi connectivity index (χ4v) is 4.31. The molecule has 0 atom stereocenters. The van der Waals surface area contributed by atoms with E-state index in [1.54, 1.807) is 22.8 Å². The first-order valence-electron chi connectivity index (χ1n) is 9.14. The lowest BCUT2D eigenvalue weighted by molar-refractivity contribution is 0.464. The second-order valence-corrected chi connectivity index (χ2v) is 7.92. The number of aromatic nitrogens is 3. The molecule has 0 unspecified atom stereocenters. The maximum absolute atomic E-state index is 13.4. The molecule has 0 radical (unpaired) electrons. The van der Waals surface area contributed by atoms with Gasteiger partial charge in [-0.25, -0.2) is 4.98 Å². The second-order valence-electron chi connectivity index (χ2n) is 7.49. The fraction of sp³-hybridized carbons (Fsp3) is 0.450. The number of pyridine rings is 1. The molecule has 3 aromatic rings. The smallest absolute Gasteiger partial charge is 0.267 e. The lowest BCUT2D eigenvalue weighted by atomic mass is 10.1. The summed E-state index contributed by atoms with van der Waals surface area (Å²) in [5.74, 6) is 0.862. The van der Waals surface area contributed by atoms with Crippen molar-refractivity contribution in [1.82, 2.24) is 14.1 Å². The van der Waals surface area contributed by atoms with Crippen LogP contribution in [-0.2, 0) is 7.05 Å². The summed E-state index contributed by atoms with van der Waals surface area (Å²) in [6.45, 7) is 4.08. The van der Waals surface area contributed by atoms with Crippen LogP contribution in [0, 0.1) is 0 Å². The summed E-state index contributed by atoms with van der Waals surface area (Å²) in [6.07, 6.45) is 4.15. The van der Waals surface area contributed by atoms with E-state index in [0.29, 0.717) is 16.1 Å². The monoisotopic (exact) mass is 371 g/mol. The average molecular weight is 372 g/mol. The summed E-state index contributed by atoms with van der Waals surface area (Å²) in [6, 6.07) is 5.32. The Bertz CT molecular complexity index is 1140. The summed E-state index contributed by atoms with van der Waals surface area (Å²) in [5.41, 5.74) is 0.683. The van der Waals surface area contributed by atoms with Crippen LogP contribution in [-0.4, -0.2) is 14.1 Å². The van der Waals surface area contributed by atoms with Gasteiger partial charge < -0.3 is 4.57 Å². The SMILES string of the molecule is CC(C)c1nc2c(c(=O)c3cc(Cl)ccc3n2C)c(=O)n1C1CCCC1. The van der Waals surface area contributed by atoms with Crippen LogP contribution in [0.15, 0.2) is 27.8 Å². The van der Waals surface area contributed by atoms with E-state index < -0.39 is 0 Å². The van der Waals surface area contributed by atoms with Crippen LogP contribution in [0.3, 0.4) is 0 Å². The van der Waals surface area contributed by atoms with Crippen molar-refractivity contribution in [3.63, 3.8) is 0 Å². The minimum Gasteiger partial charge on any atom is -0.328 e. The van der Waals surface area contributed by atoms with Gasteiger partial charge in [0.2, 0.25) is 5.43 Å². The number of aryl methyl sites for hydroxylation is 1. The van der Waals surface area contributed by atoms with E-state index in [0.717, 1.165) is 37.0 Å². The summed E-state index contributed by atoms with van der Waals surface area (Å²) >= 11 is 6.09. The van der Waals surface area contributed by atoms with Crippen molar-refractivity contribution < 1.29 is 0 Å². The Morgan fingerprint density at radius 3 is 2.54 bits per heavy atom. The zero-order chi connectivity index (χ0) is 18.6. The molecule has 1 aliphatic carbocycles. The van der Waals surface area contributed by atoms with Gasteiger partial charge in [-0.2, -0.15) is 0 Å². The first-order chi connectivity index (χ1) is 12.4. The van der Waals surface area contributed by atoms with Gasteiger partial charge in [-0.15, -0.1) is 0 Å². The van der Waals surface area contributed by atoms with Crippen molar-refractivity contribution in [2.24, 2.45) is 7.05 Å². The summed E-state index contributed by atoms with van der Waals surface area (Å²) in [5, 5.41) is 1.11. The molecule has 26 heavy (non-hydrogen) atoms. The number of benzene rings is 1. The Kier molecular flexibility index (Phi) is 4.14. The quantitative estimate of drug-likeness (QED) is 0.636. The van der Waals surface area contributed by atoms with Gasteiger partial charge in [-0.1, -0.05) is 38.3 Å². The molecule has 0 spiro atoms. The van der Waals surface area contributed by atoms with Gasteiger partial charge in [0, 0.05) is 29.4 Å². The number of halogens is 1. The molecule has 0 N–H and O–H groups in total. The minimum absolute atomic E-state index is 0.101. The van der Waals surface area contributed by atoms with E-state index in [4.69, 9.17) is 16.6 Å². The Morgan fingerprint density at radius 2 is 1.88 bits per heavy atom. The van der Waals surface area contributed by atoms with Crippen molar-refractivity contribution in [3.05, 3.63) is 49.6 Å². The molecule has 6 heteroatoms. The largest absolute Gasteiger partial charge is 0.328 e. The van der Waals surface area contributed by atoms with Crippen molar-refractivity contribution in [1.29, 1.82) is 0 Å². The third-order valence-corrected chi connectivity index (χ3v) is 5.67. The highest BCUT2D eigenvalue weighted by Crippen LogP contribution is 2.31. The van der Waals surface area contributed by atoms with Crippen molar-refractivity contribution in [2.75, 3.05) is 0 Å². The van der Waals surface area contributed by atoms with Crippen LogP contribution in [0.4, 0.5) is 0 Å². The summed E-state index contributed by atoms with van der Waals surface area (Å²) in [7, 11) is 1.84. The molecule has 0 aliphatic heterocycles. The number of nitrogens with zero attached hydrogens (tertiary/aromatic N) is 3. The van der Waals surface area contributed by atoms with Crippen LogP contribution in [0.1, 0.15) is 57.3 Å². The molecular formula is C20H22ClN3O2. The maximum atomic E-state index is 13.4. The first kappa shape index (κ1) is 17.3. The molecule has 1 saturated carbocycles. The average Bonchev–Trinajstić information content (AvgIpc) is 3.12. The lowest BCUT2D eigenvalue weighted by Gasteiger charge is -2.22. The van der Waals surface area contributed by atoms with Crippen molar-refractivity contribution in [3.8, 4) is 0 Å². The van der Waals surface area contributed by atoms with Crippen molar-refractivity contribution >= 4 is 33.5 Å². The minimum atomic E-state index is -0.282. The van der Waals surface area contributed by atoms with E-state index >= 15 is 0 Å². The highest BCUT2D eigenvalue weighted by Gasteiger charge is 2.26. The molecule has 1 aliphatic rings. The normalized spacial score (nSPS) is 15.6. The molecule has 0 saturated heterocycles. The number of fused-ring (bicyclic) bond motifs is 2. The van der Waals surface area contributed by atoms with Crippen LogP contribution >= 0.6 is 11.6 Å². The molecule has 0 amide bonds. The highest BCUT2D eigenvalue weighted by molar-refractivity contribution is 6.31. The zero-order valence-corrected chi connectivity index (χ0v) is 16.0. The van der Waals surface area contributed by atoms with E-state index in [1.807, 2.05) is 25.5 Å². The second kappa shape index (κ2) is 6.23. The van der Waals surface area contributed by atoms with E-state index in [9.17, 15) is 9.59 Å². The van der Waals surface area contributed by atoms with Gasteiger partial charge in [0.05, 0.1) is 5.52 Å². The van der Waals surface area contributed by atoms with Gasteiger partial charge in [0.25, 0.3) is 5.56 Å². The number of rotatable bonds is 2. The molecule has 136 valence electrons. The standard InChI is InChI=1S/C20H22ClN3O2/c1-11(2)18-22-19-16(20(26)24(18)13-6-4-5-7-13)17(25)14-10-12(21)8-9-15(14)23(19)3/h8-11,13H,4-7H2,1-3H3. The molecule has 1 aromatic carbocycles. The molecule has 1 fully saturated rings. The van der Waals surface area contributed by atoms with Gasteiger partial charge in [0.1, 0.15) is 11.2 Å². The van der Waals surface area contributed by atoms with Crippen LogP contribution in [0.5, 0.6) is 0 Å². The predicted molar refractivity (Wildman–Crippen MR) is 105 cm³/mol. The predicted octanol–water partition coefficient (Wildman–Crippen LogP) is 4.14. The summed E-state index contributed by atoms with van der Waals surface area (Å²) < 4.78 is 3.62. The maximum Gasteiger partial charge on any atom is 0.267 e. The van der Waals surface area contributed by atoms with E-state index in [-0.39, 0.29) is 28.3 Å². The Balaban J connectivity index is 2.20. The van der Waals surface area contributed by atoms with Crippen LogP contribution in [0.25, 0.3) is 21.9 Å². The number of hydrogen-bond donors (Lipinski definition) is 0. The molecular weight excluding hydrogens is 350 g/mol. The summed E-state index contributed by atoms with van der Waals surface area (Å²) in [4.78, 5) is 31.4. The zero-order valence-electron chi connectivity index (χ0n) is 15.3. The van der Waals surface area contributed by atoms with E-state index in [1.165, 1.54) is 0 Å². The van der Waals surface area contributed by atoms with Gasteiger partial charge in [-0.05, 0) is 31.0 Å². The molecule has 2 heterocycles. The first-order valence-corrected chi connectivity index (χ1v) is 9.52. The van der Waals surface area contributed by atoms with Crippen LogP contribution in [0.2, 0.25) is 5.02 Å². The topological polar surface area (TPSA) is 56.9 Å². The lowest BCUT2D eigenvalue weighted by Crippen LogP contribution is -2.33. The van der Waals surface area contributed by atoms with Crippen molar-refractivity contribution in [2.45, 2.75) is 51.5 Å². The van der Waals surface area contributed by atoms with Crippen LogP contribution < -0.4 is 11.0 Å². The fourth-order valence-electron chi connectivity index (χ4n) is 4.13. The Labute approximate surface area is 156 Å². The van der Waals surface area contributed by atoms with E-state index in [2.05, 4.69) is 0 Å². The Hall–Kier alpha value is -2.14. The highest BCUT2D eigenvalue weighted by atomic mass is 35.5. The molecule has 0 bridgehead atoms. The number of hydrogen-bond acceptors (Lipinski definition) is 3. The Morgan fingerprint density at radius 1 is 1.19 bits per heavy atom. The van der Waals surface area contributed by atoms with Gasteiger partial charge in [0.15, 0.2) is 5.65 Å². The van der Waals surface area contributed by atoms with Gasteiger partial charge >= 0.3 is 0 Å². The molecule has 2 aromatic heterocycles. The van der Waals surface area contributed by atoms with Gasteiger partial charge in [-0.3, -0.25) is 14.2 Å². The molecule has 4 rings (SSSR count). The molecule has 5 nitrogen and oxygen atoms in total.